The minimum Gasteiger partial charge on any atom is -0.492 e. The van der Waals surface area contributed by atoms with Gasteiger partial charge in [0, 0.05) is 31.0 Å². The minimum absolute atomic E-state index is 0.0328. The van der Waals surface area contributed by atoms with Crippen molar-refractivity contribution in [2.75, 3.05) is 11.9 Å². The maximum atomic E-state index is 13.3. The van der Waals surface area contributed by atoms with E-state index in [1.54, 1.807) is 4.57 Å². The molecule has 2 aliphatic rings. The molecule has 0 bridgehead atoms. The first kappa shape index (κ1) is 21.0. The molecule has 0 radical (unpaired) electrons. The second-order valence-corrected chi connectivity index (χ2v) is 9.51. The number of hydrogen-bond donors (Lipinski definition) is 1. The van der Waals surface area contributed by atoms with E-state index in [0.29, 0.717) is 45.2 Å². The van der Waals surface area contributed by atoms with Gasteiger partial charge in [-0.15, -0.1) is 11.3 Å². The Morgan fingerprint density at radius 2 is 2.19 bits per heavy atom. The zero-order valence-corrected chi connectivity index (χ0v) is 19.4. The summed E-state index contributed by atoms with van der Waals surface area (Å²) in [7, 11) is 0. The van der Waals surface area contributed by atoms with Crippen LogP contribution in [-0.2, 0) is 19.4 Å². The summed E-state index contributed by atoms with van der Waals surface area (Å²) in [6, 6.07) is 3.78. The number of rotatable bonds is 4. The molecule has 1 aromatic carbocycles. The van der Waals surface area contributed by atoms with Gasteiger partial charge in [-0.3, -0.25) is 14.2 Å². The Labute approximate surface area is 190 Å². The highest BCUT2D eigenvalue weighted by atomic mass is 32.1. The summed E-state index contributed by atoms with van der Waals surface area (Å²) in [5, 5.41) is 3.54. The summed E-state index contributed by atoms with van der Waals surface area (Å²) < 4.78 is 13.4. The smallest absolute Gasteiger partial charge is 0.266 e. The number of aromatic nitrogens is 2. The Balaban J connectivity index is 1.52. The lowest BCUT2D eigenvalue weighted by Gasteiger charge is -2.13. The average molecular weight is 454 g/mol. The number of aryl methyl sites for hydroxylation is 2. The molecule has 32 heavy (non-hydrogen) atoms. The summed E-state index contributed by atoms with van der Waals surface area (Å²) in [6.45, 7) is 6.95. The van der Waals surface area contributed by atoms with Crippen molar-refractivity contribution in [1.29, 1.82) is 0 Å². The van der Waals surface area contributed by atoms with Gasteiger partial charge in [-0.25, -0.2) is 4.98 Å². The molecule has 0 saturated carbocycles. The van der Waals surface area contributed by atoms with Gasteiger partial charge in [-0.2, -0.15) is 0 Å². The number of ether oxygens (including phenoxy) is 2. The molecule has 0 saturated heterocycles. The van der Waals surface area contributed by atoms with Crippen LogP contribution in [0.3, 0.4) is 0 Å². The predicted molar refractivity (Wildman–Crippen MR) is 126 cm³/mol. The third kappa shape index (κ3) is 3.56. The van der Waals surface area contributed by atoms with Crippen molar-refractivity contribution in [1.82, 2.24) is 9.55 Å². The molecule has 1 atom stereocenters. The van der Waals surface area contributed by atoms with E-state index in [9.17, 15) is 9.59 Å². The van der Waals surface area contributed by atoms with Crippen LogP contribution < -0.4 is 20.3 Å². The quantitative estimate of drug-likeness (QED) is 0.630. The third-order valence-electron chi connectivity index (χ3n) is 6.16. The highest BCUT2D eigenvalue weighted by molar-refractivity contribution is 7.20. The van der Waals surface area contributed by atoms with Crippen LogP contribution in [0, 0.1) is 6.92 Å². The molecule has 8 heteroatoms. The molecule has 3 aromatic rings. The predicted octanol–water partition coefficient (Wildman–Crippen LogP) is 4.47. The molecule has 4 heterocycles. The monoisotopic (exact) mass is 453 g/mol. The summed E-state index contributed by atoms with van der Waals surface area (Å²) >= 11 is 1.28. The second kappa shape index (κ2) is 8.24. The van der Waals surface area contributed by atoms with Crippen LogP contribution in [0.1, 0.15) is 59.7 Å². The lowest BCUT2D eigenvalue weighted by atomic mass is 10.1. The molecule has 0 fully saturated rings. The topological polar surface area (TPSA) is 82.5 Å². The SMILES string of the molecule is CCOc1cc2c(cc1NC(=O)c1sc3nc4n(c(=O)c3c1C)CCCCC4)O[C@H](C)C2. The van der Waals surface area contributed by atoms with Crippen LogP contribution in [0.4, 0.5) is 5.69 Å². The lowest BCUT2D eigenvalue weighted by molar-refractivity contribution is 0.102. The van der Waals surface area contributed by atoms with Crippen molar-refractivity contribution in [2.45, 2.75) is 65.5 Å². The molecule has 0 aliphatic carbocycles. The van der Waals surface area contributed by atoms with Gasteiger partial charge in [0.25, 0.3) is 11.5 Å². The van der Waals surface area contributed by atoms with Crippen molar-refractivity contribution >= 4 is 33.1 Å². The number of fused-ring (bicyclic) bond motifs is 3. The van der Waals surface area contributed by atoms with Gasteiger partial charge >= 0.3 is 0 Å². The lowest BCUT2D eigenvalue weighted by Crippen LogP contribution is -2.24. The van der Waals surface area contributed by atoms with Crippen LogP contribution in [0.2, 0.25) is 0 Å². The van der Waals surface area contributed by atoms with E-state index in [-0.39, 0.29) is 17.6 Å². The maximum absolute atomic E-state index is 13.3. The number of nitrogens with one attached hydrogen (secondary N) is 1. The van der Waals surface area contributed by atoms with Gasteiger partial charge in [0.1, 0.15) is 28.3 Å². The number of hydrogen-bond acceptors (Lipinski definition) is 6. The first-order valence-corrected chi connectivity index (χ1v) is 12.1. The number of thiophene rings is 1. The standard InChI is InChI=1S/C24H27N3O4S/c1-4-30-18-11-15-10-13(2)31-17(15)12-16(18)25-22(28)21-14(3)20-23(32-21)26-19-8-6-5-7-9-27(19)24(20)29/h11-13H,4-10H2,1-3H3,(H,25,28)/t13-/m1/s1. The van der Waals surface area contributed by atoms with E-state index in [4.69, 9.17) is 14.5 Å². The van der Waals surface area contributed by atoms with Gasteiger partial charge in [-0.05, 0) is 45.2 Å². The van der Waals surface area contributed by atoms with Gasteiger partial charge in [-0.1, -0.05) is 6.42 Å². The molecular weight excluding hydrogens is 426 g/mol. The Hall–Kier alpha value is -2.87. The number of nitrogens with zero attached hydrogens (tertiary/aromatic N) is 2. The van der Waals surface area contributed by atoms with Crippen LogP contribution in [0.25, 0.3) is 10.2 Å². The highest BCUT2D eigenvalue weighted by Crippen LogP contribution is 2.39. The first-order chi connectivity index (χ1) is 15.5. The second-order valence-electron chi connectivity index (χ2n) is 8.51. The van der Waals surface area contributed by atoms with Crippen LogP contribution in [-0.4, -0.2) is 28.2 Å². The molecule has 2 aromatic heterocycles. The van der Waals surface area contributed by atoms with E-state index in [1.165, 1.54) is 11.3 Å². The molecule has 1 amide bonds. The van der Waals surface area contributed by atoms with Gasteiger partial charge in [0.15, 0.2) is 0 Å². The molecule has 0 unspecified atom stereocenters. The molecule has 7 nitrogen and oxygen atoms in total. The molecule has 2 aliphatic heterocycles. The van der Waals surface area contributed by atoms with E-state index in [2.05, 4.69) is 5.32 Å². The van der Waals surface area contributed by atoms with Gasteiger partial charge < -0.3 is 14.8 Å². The van der Waals surface area contributed by atoms with Gasteiger partial charge in [0.05, 0.1) is 22.6 Å². The van der Waals surface area contributed by atoms with Crippen molar-refractivity contribution < 1.29 is 14.3 Å². The fourth-order valence-corrected chi connectivity index (χ4v) is 5.70. The molecule has 0 spiro atoms. The Bertz CT molecular complexity index is 1280. The fourth-order valence-electron chi connectivity index (χ4n) is 4.62. The Morgan fingerprint density at radius 3 is 3.00 bits per heavy atom. The minimum atomic E-state index is -0.267. The fraction of sp³-hybridized carbons (Fsp3) is 0.458. The van der Waals surface area contributed by atoms with Gasteiger partial charge in [0.2, 0.25) is 0 Å². The van der Waals surface area contributed by atoms with Crippen LogP contribution in [0.5, 0.6) is 11.5 Å². The van der Waals surface area contributed by atoms with Crippen molar-refractivity contribution in [3.8, 4) is 11.5 Å². The first-order valence-electron chi connectivity index (χ1n) is 11.3. The zero-order chi connectivity index (χ0) is 22.4. The summed E-state index contributed by atoms with van der Waals surface area (Å²) in [5.41, 5.74) is 2.30. The summed E-state index contributed by atoms with van der Waals surface area (Å²) in [6.07, 6.45) is 4.84. The molecule has 1 N–H and O–H groups in total. The number of benzene rings is 1. The summed E-state index contributed by atoms with van der Waals surface area (Å²) in [4.78, 5) is 32.4. The number of carbonyl (C=O) groups is 1. The summed E-state index contributed by atoms with van der Waals surface area (Å²) in [5.74, 6) is 1.96. The van der Waals surface area contributed by atoms with Crippen LogP contribution >= 0.6 is 11.3 Å². The number of anilines is 1. The zero-order valence-electron chi connectivity index (χ0n) is 18.6. The number of amides is 1. The third-order valence-corrected chi connectivity index (χ3v) is 7.35. The van der Waals surface area contributed by atoms with E-state index >= 15 is 0 Å². The van der Waals surface area contributed by atoms with Crippen molar-refractivity contribution in [3.05, 3.63) is 44.3 Å². The normalized spacial score (nSPS) is 17.4. The average Bonchev–Trinajstić information content (AvgIpc) is 3.17. The van der Waals surface area contributed by atoms with Crippen molar-refractivity contribution in [3.63, 3.8) is 0 Å². The largest absolute Gasteiger partial charge is 0.492 e. The Morgan fingerprint density at radius 1 is 1.34 bits per heavy atom. The molecule has 5 rings (SSSR count). The van der Waals surface area contributed by atoms with E-state index < -0.39 is 0 Å². The Kier molecular flexibility index (Phi) is 5.41. The van der Waals surface area contributed by atoms with E-state index in [1.807, 2.05) is 32.9 Å². The maximum Gasteiger partial charge on any atom is 0.266 e. The van der Waals surface area contributed by atoms with Crippen molar-refractivity contribution in [2.24, 2.45) is 0 Å². The number of carbonyl (C=O) groups excluding carboxylic acids is 1. The van der Waals surface area contributed by atoms with E-state index in [0.717, 1.165) is 49.2 Å². The highest BCUT2D eigenvalue weighted by Gasteiger charge is 2.25. The molecular formula is C24H27N3O4S. The molecule has 168 valence electrons. The van der Waals surface area contributed by atoms with Crippen LogP contribution in [0.15, 0.2) is 16.9 Å².